The molecule has 1 N–H and O–H groups in total. The highest BCUT2D eigenvalue weighted by atomic mass is 32.2. The lowest BCUT2D eigenvalue weighted by Crippen LogP contribution is -2.43. The second kappa shape index (κ2) is 8.51. The molecule has 1 fully saturated rings. The molecule has 0 spiro atoms. The van der Waals surface area contributed by atoms with Crippen molar-refractivity contribution in [1.82, 2.24) is 15.2 Å². The first-order valence-electron chi connectivity index (χ1n) is 9.65. The summed E-state index contributed by atoms with van der Waals surface area (Å²) in [6.45, 7) is 5.04. The van der Waals surface area contributed by atoms with Crippen molar-refractivity contribution in [2.45, 2.75) is 42.1 Å². The number of carbonyl (C=O) groups excluding carboxylic acids is 1. The highest BCUT2D eigenvalue weighted by Gasteiger charge is 2.25. The zero-order valence-corrected chi connectivity index (χ0v) is 17.2. The number of likely N-dealkylation sites (tertiary alicyclic amines) is 1. The third-order valence-electron chi connectivity index (χ3n) is 5.25. The van der Waals surface area contributed by atoms with E-state index < -0.39 is 0 Å². The molecule has 3 heterocycles. The predicted octanol–water partition coefficient (Wildman–Crippen LogP) is 3.39. The monoisotopic (exact) mass is 398 g/mol. The molecule has 0 unspecified atom stereocenters. The molecular weight excluding hydrogens is 372 g/mol. The van der Waals surface area contributed by atoms with E-state index in [1.807, 2.05) is 18.5 Å². The number of nitrogens with one attached hydrogen (secondary N) is 1. The number of piperidine rings is 1. The molecule has 2 aromatic rings. The molecule has 1 saturated heterocycles. The number of nitrogens with zero attached hydrogens (tertiary/aromatic N) is 3. The van der Waals surface area contributed by atoms with Crippen LogP contribution in [-0.4, -0.2) is 48.8 Å². The van der Waals surface area contributed by atoms with Crippen molar-refractivity contribution in [3.05, 3.63) is 42.2 Å². The largest absolute Gasteiger partial charge is 0.364 e. The third kappa shape index (κ3) is 4.16. The minimum atomic E-state index is 0.0688. The highest BCUT2D eigenvalue weighted by molar-refractivity contribution is 7.99. The lowest BCUT2D eigenvalue weighted by molar-refractivity contribution is -0.119. The maximum atomic E-state index is 11.2. The molecule has 0 radical (unpaired) electrons. The number of ether oxygens (including phenoxy) is 1. The van der Waals surface area contributed by atoms with Gasteiger partial charge in [-0.25, -0.2) is 0 Å². The van der Waals surface area contributed by atoms with E-state index >= 15 is 0 Å². The zero-order valence-electron chi connectivity index (χ0n) is 16.4. The maximum Gasteiger partial charge on any atom is 0.217 e. The predicted molar refractivity (Wildman–Crippen MR) is 111 cm³/mol. The van der Waals surface area contributed by atoms with E-state index in [1.54, 1.807) is 25.8 Å². The van der Waals surface area contributed by atoms with Gasteiger partial charge in [0.1, 0.15) is 6.73 Å². The van der Waals surface area contributed by atoms with Gasteiger partial charge < -0.3 is 15.0 Å². The molecule has 148 valence electrons. The van der Waals surface area contributed by atoms with Gasteiger partial charge in [0, 0.05) is 57.0 Å². The Morgan fingerprint density at radius 1 is 1.25 bits per heavy atom. The van der Waals surface area contributed by atoms with Gasteiger partial charge in [-0.05, 0) is 36.6 Å². The van der Waals surface area contributed by atoms with E-state index in [9.17, 15) is 4.79 Å². The number of methoxy groups -OCH3 is 1. The van der Waals surface area contributed by atoms with Crippen LogP contribution in [0.5, 0.6) is 0 Å². The van der Waals surface area contributed by atoms with Gasteiger partial charge in [0.15, 0.2) is 0 Å². The Hall–Kier alpha value is -2.09. The van der Waals surface area contributed by atoms with Gasteiger partial charge in [-0.15, -0.1) is 0 Å². The number of rotatable bonds is 5. The Balaban J connectivity index is 1.49. The highest BCUT2D eigenvalue weighted by Crippen LogP contribution is 2.47. The van der Waals surface area contributed by atoms with Gasteiger partial charge >= 0.3 is 0 Å². The fourth-order valence-electron chi connectivity index (χ4n) is 3.93. The number of anilines is 2. The first-order chi connectivity index (χ1) is 13.6. The van der Waals surface area contributed by atoms with Crippen LogP contribution in [0.1, 0.15) is 25.3 Å². The molecule has 4 rings (SSSR count). The standard InChI is InChI=1S/C21H26N4O2S/c1-15(26)23-17-6-9-24(10-7-17)13-16-3-4-20-19(11-16)25(14-27-2)18-5-8-22-12-21(18)28-20/h3-5,8,11-12,17H,6-7,9-10,13-14H2,1-2H3,(H,23,26). The number of fused-ring (bicyclic) bond motifs is 2. The number of carbonyl (C=O) groups is 1. The van der Waals surface area contributed by atoms with Crippen molar-refractivity contribution in [3.8, 4) is 0 Å². The van der Waals surface area contributed by atoms with Crippen LogP contribution in [0.4, 0.5) is 11.4 Å². The van der Waals surface area contributed by atoms with Crippen molar-refractivity contribution in [2.75, 3.05) is 31.8 Å². The van der Waals surface area contributed by atoms with Crippen molar-refractivity contribution >= 4 is 29.0 Å². The molecule has 1 aromatic carbocycles. The molecule has 0 saturated carbocycles. The fraction of sp³-hybridized carbons (Fsp3) is 0.429. The minimum absolute atomic E-state index is 0.0688. The van der Waals surface area contributed by atoms with E-state index in [1.165, 1.54) is 16.1 Å². The van der Waals surface area contributed by atoms with Crippen LogP contribution in [0.2, 0.25) is 0 Å². The normalized spacial score (nSPS) is 17.1. The Kier molecular flexibility index (Phi) is 5.85. The number of pyridine rings is 1. The van der Waals surface area contributed by atoms with Crippen LogP contribution >= 0.6 is 11.8 Å². The molecule has 1 aromatic heterocycles. The van der Waals surface area contributed by atoms with E-state index in [-0.39, 0.29) is 5.91 Å². The molecule has 6 nitrogen and oxygen atoms in total. The summed E-state index contributed by atoms with van der Waals surface area (Å²) >= 11 is 1.76. The van der Waals surface area contributed by atoms with Crippen molar-refractivity contribution in [3.63, 3.8) is 0 Å². The number of hydrogen-bond acceptors (Lipinski definition) is 6. The molecule has 7 heteroatoms. The molecule has 28 heavy (non-hydrogen) atoms. The van der Waals surface area contributed by atoms with E-state index in [2.05, 4.69) is 38.3 Å². The quantitative estimate of drug-likeness (QED) is 0.833. The summed E-state index contributed by atoms with van der Waals surface area (Å²) in [5.74, 6) is 0.0688. The van der Waals surface area contributed by atoms with Gasteiger partial charge in [0.25, 0.3) is 0 Å². The van der Waals surface area contributed by atoms with Gasteiger partial charge in [0.2, 0.25) is 5.91 Å². The summed E-state index contributed by atoms with van der Waals surface area (Å²) in [7, 11) is 1.73. The topological polar surface area (TPSA) is 57.7 Å². The zero-order chi connectivity index (χ0) is 19.5. The summed E-state index contributed by atoms with van der Waals surface area (Å²) in [6.07, 6.45) is 5.77. The minimum Gasteiger partial charge on any atom is -0.364 e. The van der Waals surface area contributed by atoms with Crippen molar-refractivity contribution < 1.29 is 9.53 Å². The van der Waals surface area contributed by atoms with Crippen molar-refractivity contribution in [2.24, 2.45) is 0 Å². The van der Waals surface area contributed by atoms with Crippen LogP contribution in [0.3, 0.4) is 0 Å². The average Bonchev–Trinajstić information content (AvgIpc) is 2.69. The van der Waals surface area contributed by atoms with Crippen LogP contribution in [0, 0.1) is 0 Å². The Bertz CT molecular complexity index is 852. The summed E-state index contributed by atoms with van der Waals surface area (Å²) in [6, 6.07) is 9.07. The first kappa shape index (κ1) is 19.2. The second-order valence-corrected chi connectivity index (χ2v) is 8.43. The molecule has 0 atom stereocenters. The molecule has 0 bridgehead atoms. The summed E-state index contributed by atoms with van der Waals surface area (Å²) < 4.78 is 5.48. The average molecular weight is 399 g/mol. The van der Waals surface area contributed by atoms with Crippen LogP contribution in [0.15, 0.2) is 46.5 Å². The van der Waals surface area contributed by atoms with E-state index in [4.69, 9.17) is 4.74 Å². The summed E-state index contributed by atoms with van der Waals surface area (Å²) in [5, 5.41) is 3.04. The fourth-order valence-corrected chi connectivity index (χ4v) is 4.97. The number of amides is 1. The molecular formula is C21H26N4O2S. The molecule has 2 aliphatic heterocycles. The van der Waals surface area contributed by atoms with E-state index in [0.717, 1.165) is 43.1 Å². The van der Waals surface area contributed by atoms with E-state index in [0.29, 0.717) is 12.8 Å². The summed E-state index contributed by atoms with van der Waals surface area (Å²) in [5.41, 5.74) is 3.63. The van der Waals surface area contributed by atoms with Gasteiger partial charge in [-0.2, -0.15) is 0 Å². The van der Waals surface area contributed by atoms with Gasteiger partial charge in [0.05, 0.1) is 16.3 Å². The Labute approximate surface area is 170 Å². The summed E-state index contributed by atoms with van der Waals surface area (Å²) in [4.78, 5) is 22.6. The molecule has 1 amide bonds. The van der Waals surface area contributed by atoms with Crippen LogP contribution in [0.25, 0.3) is 0 Å². The maximum absolute atomic E-state index is 11.2. The Morgan fingerprint density at radius 3 is 2.82 bits per heavy atom. The van der Waals surface area contributed by atoms with Gasteiger partial charge in [-0.3, -0.25) is 14.7 Å². The van der Waals surface area contributed by atoms with Crippen molar-refractivity contribution in [1.29, 1.82) is 0 Å². The lowest BCUT2D eigenvalue weighted by atomic mass is 10.0. The molecule has 0 aliphatic carbocycles. The molecule has 2 aliphatic rings. The lowest BCUT2D eigenvalue weighted by Gasteiger charge is -2.34. The first-order valence-corrected chi connectivity index (χ1v) is 10.5. The SMILES string of the molecule is COCN1c2ccncc2Sc2ccc(CN3CCC(NC(C)=O)CC3)cc21. The van der Waals surface area contributed by atoms with Gasteiger partial charge in [-0.1, -0.05) is 17.8 Å². The van der Waals surface area contributed by atoms with Crippen LogP contribution < -0.4 is 10.2 Å². The number of benzene rings is 1. The van der Waals surface area contributed by atoms with Crippen LogP contribution in [-0.2, 0) is 16.1 Å². The number of aromatic nitrogens is 1. The smallest absolute Gasteiger partial charge is 0.217 e. The third-order valence-corrected chi connectivity index (χ3v) is 6.35. The Morgan fingerprint density at radius 2 is 2.07 bits per heavy atom. The number of hydrogen-bond donors (Lipinski definition) is 1. The second-order valence-electron chi connectivity index (χ2n) is 7.34.